The average molecular weight is 194 g/mol. The molecule has 0 fully saturated rings. The van der Waals surface area contributed by atoms with Crippen LogP contribution in [-0.2, 0) is 4.74 Å². The van der Waals surface area contributed by atoms with Gasteiger partial charge in [-0.15, -0.1) is 6.58 Å². The maximum atomic E-state index is 12.6. The Kier molecular flexibility index (Phi) is 4.52. The van der Waals surface area contributed by atoms with Crippen molar-refractivity contribution in [2.75, 3.05) is 6.61 Å². The summed E-state index contributed by atoms with van der Waals surface area (Å²) in [7, 11) is 0. The van der Waals surface area contributed by atoms with E-state index in [9.17, 15) is 24.6 Å². The minimum Gasteiger partial charge on any atom is -0.333 e. The molecule has 0 saturated heterocycles. The van der Waals surface area contributed by atoms with Crippen molar-refractivity contribution in [1.82, 2.24) is 0 Å². The topological polar surface area (TPSA) is 95.5 Å². The van der Waals surface area contributed by atoms with Crippen molar-refractivity contribution in [1.29, 1.82) is 0 Å². The monoisotopic (exact) mass is 194 g/mol. The molecule has 7 nitrogen and oxygen atoms in total. The van der Waals surface area contributed by atoms with Crippen LogP contribution in [-0.4, -0.2) is 29.0 Å². The minimum atomic E-state index is -2.58. The Hall–Kier alpha value is -1.57. The summed E-state index contributed by atoms with van der Waals surface area (Å²) >= 11 is 0. The summed E-state index contributed by atoms with van der Waals surface area (Å²) in [6.07, 6.45) is -4.02. The van der Waals surface area contributed by atoms with Gasteiger partial charge in [0.1, 0.15) is 9.85 Å². The van der Waals surface area contributed by atoms with E-state index in [2.05, 4.69) is 11.3 Å². The van der Waals surface area contributed by atoms with Gasteiger partial charge in [-0.25, -0.2) is 0 Å². The molecule has 1 unspecified atom stereocenters. The Labute approximate surface area is 72.1 Å². The molecule has 0 aliphatic heterocycles. The lowest BCUT2D eigenvalue weighted by Gasteiger charge is -2.06. The molecule has 0 aromatic rings. The molecule has 74 valence electrons. The van der Waals surface area contributed by atoms with Crippen molar-refractivity contribution in [2.24, 2.45) is 0 Å². The highest BCUT2D eigenvalue weighted by Crippen LogP contribution is 2.05. The molecule has 0 spiro atoms. The fourth-order valence-electron chi connectivity index (χ4n) is 0.514. The number of nitrogens with zero attached hydrogens (tertiary/aromatic N) is 2. The van der Waals surface area contributed by atoms with Gasteiger partial charge in [-0.1, -0.05) is 6.08 Å². The predicted octanol–water partition coefficient (Wildman–Crippen LogP) is 0.364. The molecule has 0 aromatic carbocycles. The zero-order chi connectivity index (χ0) is 10.4. The number of rotatable bonds is 6. The van der Waals surface area contributed by atoms with E-state index in [4.69, 9.17) is 0 Å². The van der Waals surface area contributed by atoms with E-state index in [1.54, 1.807) is 0 Å². The fraction of sp³-hybridized carbons (Fsp3) is 0.600. The van der Waals surface area contributed by atoms with Crippen LogP contribution in [0.4, 0.5) is 4.39 Å². The van der Waals surface area contributed by atoms with Crippen LogP contribution in [0.15, 0.2) is 12.7 Å². The van der Waals surface area contributed by atoms with Gasteiger partial charge < -0.3 is 4.74 Å². The van der Waals surface area contributed by atoms with E-state index in [0.717, 1.165) is 6.08 Å². The number of nitro groups is 2. The maximum Gasteiger partial charge on any atom is 0.504 e. The van der Waals surface area contributed by atoms with Gasteiger partial charge in [-0.3, -0.25) is 20.2 Å². The van der Waals surface area contributed by atoms with Crippen molar-refractivity contribution in [2.45, 2.75) is 12.5 Å². The van der Waals surface area contributed by atoms with Crippen molar-refractivity contribution in [3.05, 3.63) is 32.9 Å². The fourth-order valence-corrected chi connectivity index (χ4v) is 0.514. The summed E-state index contributed by atoms with van der Waals surface area (Å²) in [5.74, 6) is 0. The van der Waals surface area contributed by atoms with Crippen LogP contribution < -0.4 is 0 Å². The summed E-state index contributed by atoms with van der Waals surface area (Å²) in [5, 5.41) is 19.9. The first-order valence-electron chi connectivity index (χ1n) is 3.14. The lowest BCUT2D eigenvalue weighted by atomic mass is 10.5. The van der Waals surface area contributed by atoms with Crippen molar-refractivity contribution >= 4 is 0 Å². The van der Waals surface area contributed by atoms with E-state index in [-0.39, 0.29) is 6.61 Å². The Morgan fingerprint density at radius 1 is 1.46 bits per heavy atom. The van der Waals surface area contributed by atoms with Crippen LogP contribution in [0.3, 0.4) is 0 Å². The molecule has 0 heterocycles. The van der Waals surface area contributed by atoms with E-state index >= 15 is 0 Å². The van der Waals surface area contributed by atoms with E-state index in [1.165, 1.54) is 0 Å². The van der Waals surface area contributed by atoms with E-state index in [1.807, 2.05) is 0 Å². The molecule has 0 rings (SSSR count). The molecule has 0 N–H and O–H groups in total. The molecule has 13 heavy (non-hydrogen) atoms. The molecule has 0 aliphatic carbocycles. The van der Waals surface area contributed by atoms with Crippen molar-refractivity contribution in [3.63, 3.8) is 0 Å². The molecule has 0 aromatic heterocycles. The molecule has 0 saturated carbocycles. The van der Waals surface area contributed by atoms with Crippen molar-refractivity contribution in [3.8, 4) is 0 Å². The molecular formula is C5H7FN2O5. The van der Waals surface area contributed by atoms with Gasteiger partial charge in [-0.05, 0) is 0 Å². The molecule has 8 heteroatoms. The second-order valence-electron chi connectivity index (χ2n) is 1.96. The van der Waals surface area contributed by atoms with Gasteiger partial charge in [-0.2, -0.15) is 4.39 Å². The van der Waals surface area contributed by atoms with Gasteiger partial charge in [0.2, 0.25) is 0 Å². The highest BCUT2D eigenvalue weighted by molar-refractivity contribution is 4.64. The Morgan fingerprint density at radius 3 is 2.23 bits per heavy atom. The number of alkyl halides is 1. The lowest BCUT2D eigenvalue weighted by molar-refractivity contribution is -0.757. The second-order valence-corrected chi connectivity index (χ2v) is 1.96. The summed E-state index contributed by atoms with van der Waals surface area (Å²) in [4.78, 5) is 17.2. The first kappa shape index (κ1) is 11.4. The highest BCUT2D eigenvalue weighted by Gasteiger charge is 2.43. The first-order chi connectivity index (χ1) is 6.00. The molecule has 0 aliphatic rings. The van der Waals surface area contributed by atoms with Crippen LogP contribution in [0.5, 0.6) is 0 Å². The molecule has 1 atom stereocenters. The van der Waals surface area contributed by atoms with Gasteiger partial charge in [0.25, 0.3) is 0 Å². The van der Waals surface area contributed by atoms with Crippen LogP contribution in [0.1, 0.15) is 0 Å². The number of hydrogen-bond acceptors (Lipinski definition) is 5. The average Bonchev–Trinajstić information content (AvgIpc) is 1.99. The Bertz CT molecular complexity index is 207. The minimum absolute atomic E-state index is 0.320. The highest BCUT2D eigenvalue weighted by atomic mass is 19.1. The van der Waals surface area contributed by atoms with E-state index in [0.29, 0.717) is 0 Å². The third-order valence-electron chi connectivity index (χ3n) is 1.04. The number of ether oxygens (including phenoxy) is 1. The largest absolute Gasteiger partial charge is 0.504 e. The van der Waals surface area contributed by atoms with Crippen molar-refractivity contribution < 1.29 is 19.0 Å². The normalized spacial score (nSPS) is 12.5. The van der Waals surface area contributed by atoms with Gasteiger partial charge in [0.05, 0.1) is 6.61 Å². The number of halogens is 1. The summed E-state index contributed by atoms with van der Waals surface area (Å²) in [6.45, 7) is 2.83. The second kappa shape index (κ2) is 5.14. The van der Waals surface area contributed by atoms with Crippen LogP contribution in [0, 0.1) is 20.2 Å². The van der Waals surface area contributed by atoms with Gasteiger partial charge in [0.15, 0.2) is 0 Å². The summed E-state index contributed by atoms with van der Waals surface area (Å²) < 4.78 is 16.7. The lowest BCUT2D eigenvalue weighted by Crippen LogP contribution is -2.39. The molecule has 0 amide bonds. The smallest absolute Gasteiger partial charge is 0.333 e. The third kappa shape index (κ3) is 3.56. The standard InChI is InChI=1S/C5H7FN2O5/c1-2-3-13-4(6)5(7(9)10)8(11)12/h2,4-5H,1,3H2. The van der Waals surface area contributed by atoms with E-state index < -0.39 is 22.4 Å². The quantitative estimate of drug-likeness (QED) is 0.263. The summed E-state index contributed by atoms with van der Waals surface area (Å²) in [5.41, 5.74) is 0. The molecular weight excluding hydrogens is 187 g/mol. The maximum absolute atomic E-state index is 12.6. The summed E-state index contributed by atoms with van der Waals surface area (Å²) in [6, 6.07) is 0. The SMILES string of the molecule is C=CCOC(F)C([N+](=O)[O-])[N+](=O)[O-]. The third-order valence-corrected chi connectivity index (χ3v) is 1.04. The zero-order valence-electron chi connectivity index (χ0n) is 6.46. The first-order valence-corrected chi connectivity index (χ1v) is 3.14. The number of hydrogen-bond donors (Lipinski definition) is 0. The van der Waals surface area contributed by atoms with Gasteiger partial charge in [0, 0.05) is 0 Å². The van der Waals surface area contributed by atoms with Crippen LogP contribution in [0.25, 0.3) is 0 Å². The Balaban J connectivity index is 4.28. The predicted molar refractivity (Wildman–Crippen MR) is 38.8 cm³/mol. The molecule has 0 radical (unpaired) electrons. The zero-order valence-corrected chi connectivity index (χ0v) is 6.46. The Morgan fingerprint density at radius 2 is 1.92 bits per heavy atom. The molecule has 0 bridgehead atoms. The van der Waals surface area contributed by atoms with Crippen LogP contribution in [0.2, 0.25) is 0 Å². The van der Waals surface area contributed by atoms with Gasteiger partial charge >= 0.3 is 12.5 Å². The van der Waals surface area contributed by atoms with Crippen LogP contribution >= 0.6 is 0 Å².